The standard InChI is InChI=1S/C10H12N2O5S/c1-4(13)17-3-5-2-12-8(14)6(11)9(12)18-7(5)10(15)16/h6,9H,2-3,11H2,1H3,(H,15,16). The molecule has 7 nitrogen and oxygen atoms in total. The molecule has 2 aliphatic rings. The number of nitrogens with two attached hydrogens (primary N) is 1. The van der Waals surface area contributed by atoms with Crippen LogP contribution in [0.2, 0.25) is 0 Å². The lowest BCUT2D eigenvalue weighted by Crippen LogP contribution is -2.68. The summed E-state index contributed by atoms with van der Waals surface area (Å²) < 4.78 is 4.79. The van der Waals surface area contributed by atoms with E-state index in [1.807, 2.05) is 0 Å². The number of amides is 1. The topological polar surface area (TPSA) is 110 Å². The molecular weight excluding hydrogens is 260 g/mol. The number of carbonyl (C=O) groups excluding carboxylic acids is 2. The van der Waals surface area contributed by atoms with Gasteiger partial charge in [-0.15, -0.1) is 0 Å². The number of fused-ring (bicyclic) bond motifs is 1. The number of β-lactam (4-membered cyclic amide) rings is 1. The predicted octanol–water partition coefficient (Wildman–Crippen LogP) is -0.869. The number of esters is 1. The number of carboxylic acid groups (broad SMARTS) is 1. The molecule has 1 fully saturated rings. The molecule has 0 aromatic heterocycles. The third-order valence-corrected chi connectivity index (χ3v) is 4.24. The summed E-state index contributed by atoms with van der Waals surface area (Å²) in [7, 11) is 0. The van der Waals surface area contributed by atoms with Crippen molar-refractivity contribution < 1.29 is 24.2 Å². The molecular formula is C10H12N2O5S. The number of rotatable bonds is 3. The van der Waals surface area contributed by atoms with Gasteiger partial charge in [-0.3, -0.25) is 9.59 Å². The summed E-state index contributed by atoms with van der Waals surface area (Å²) in [6.45, 7) is 1.28. The van der Waals surface area contributed by atoms with Gasteiger partial charge in [-0.05, 0) is 0 Å². The average molecular weight is 272 g/mol. The zero-order valence-corrected chi connectivity index (χ0v) is 10.4. The highest BCUT2D eigenvalue weighted by Crippen LogP contribution is 2.40. The maximum absolute atomic E-state index is 11.5. The normalized spacial score (nSPS) is 26.6. The van der Waals surface area contributed by atoms with E-state index in [1.165, 1.54) is 11.8 Å². The van der Waals surface area contributed by atoms with Crippen molar-refractivity contribution in [2.45, 2.75) is 18.3 Å². The van der Waals surface area contributed by atoms with Gasteiger partial charge in [-0.1, -0.05) is 11.8 Å². The van der Waals surface area contributed by atoms with E-state index in [9.17, 15) is 14.4 Å². The largest absolute Gasteiger partial charge is 0.477 e. The van der Waals surface area contributed by atoms with Crippen molar-refractivity contribution in [1.82, 2.24) is 4.90 Å². The fourth-order valence-corrected chi connectivity index (χ4v) is 3.04. The second kappa shape index (κ2) is 4.62. The number of thioether (sulfide) groups is 1. The van der Waals surface area contributed by atoms with Crippen molar-refractivity contribution in [3.05, 3.63) is 10.5 Å². The SMILES string of the molecule is CC(=O)OCC1=C(C(=O)O)SC2C(N)C(=O)N2C1. The van der Waals surface area contributed by atoms with E-state index < -0.39 is 18.0 Å². The van der Waals surface area contributed by atoms with E-state index >= 15 is 0 Å². The van der Waals surface area contributed by atoms with E-state index in [1.54, 1.807) is 0 Å². The minimum Gasteiger partial charge on any atom is -0.477 e. The summed E-state index contributed by atoms with van der Waals surface area (Å²) in [4.78, 5) is 34.9. The van der Waals surface area contributed by atoms with E-state index in [0.29, 0.717) is 5.57 Å². The number of ether oxygens (including phenoxy) is 1. The number of hydrogen-bond acceptors (Lipinski definition) is 6. The smallest absolute Gasteiger partial charge is 0.342 e. The van der Waals surface area contributed by atoms with Crippen molar-refractivity contribution in [2.75, 3.05) is 13.2 Å². The number of carboxylic acids is 1. The second-order valence-corrected chi connectivity index (χ2v) is 5.15. The first kappa shape index (κ1) is 12.9. The highest BCUT2D eigenvalue weighted by molar-refractivity contribution is 8.04. The Hall–Kier alpha value is -1.54. The van der Waals surface area contributed by atoms with Crippen molar-refractivity contribution in [2.24, 2.45) is 5.73 Å². The number of carbonyl (C=O) groups is 3. The Morgan fingerprint density at radius 1 is 1.61 bits per heavy atom. The summed E-state index contributed by atoms with van der Waals surface area (Å²) in [5.41, 5.74) is 6.01. The molecule has 1 amide bonds. The van der Waals surface area contributed by atoms with Crippen LogP contribution in [0, 0.1) is 0 Å². The van der Waals surface area contributed by atoms with Crippen molar-refractivity contribution in [3.8, 4) is 0 Å². The molecule has 8 heteroatoms. The van der Waals surface area contributed by atoms with Crippen LogP contribution in [-0.4, -0.2) is 52.4 Å². The maximum atomic E-state index is 11.5. The van der Waals surface area contributed by atoms with Gasteiger partial charge in [0.05, 0.1) is 4.91 Å². The van der Waals surface area contributed by atoms with Gasteiger partial charge >= 0.3 is 11.9 Å². The highest BCUT2D eigenvalue weighted by Gasteiger charge is 2.49. The summed E-state index contributed by atoms with van der Waals surface area (Å²) in [5, 5.41) is 8.76. The molecule has 0 aromatic carbocycles. The van der Waals surface area contributed by atoms with Gasteiger partial charge in [-0.2, -0.15) is 0 Å². The van der Waals surface area contributed by atoms with Crippen molar-refractivity contribution in [3.63, 3.8) is 0 Å². The van der Waals surface area contributed by atoms with Crippen LogP contribution in [-0.2, 0) is 19.1 Å². The van der Waals surface area contributed by atoms with Crippen LogP contribution >= 0.6 is 11.8 Å². The van der Waals surface area contributed by atoms with Gasteiger partial charge in [-0.25, -0.2) is 4.79 Å². The molecule has 18 heavy (non-hydrogen) atoms. The lowest BCUT2D eigenvalue weighted by atomic mass is 10.1. The Morgan fingerprint density at radius 3 is 2.83 bits per heavy atom. The molecule has 3 N–H and O–H groups in total. The fraction of sp³-hybridized carbons (Fsp3) is 0.500. The molecule has 2 rings (SSSR count). The van der Waals surface area contributed by atoms with E-state index in [4.69, 9.17) is 15.6 Å². The maximum Gasteiger partial charge on any atom is 0.342 e. The Balaban J connectivity index is 2.18. The van der Waals surface area contributed by atoms with Crippen molar-refractivity contribution >= 4 is 29.6 Å². The summed E-state index contributed by atoms with van der Waals surface area (Å²) in [6, 6.07) is -0.653. The molecule has 0 aliphatic carbocycles. The lowest BCUT2D eigenvalue weighted by molar-refractivity contribution is -0.144. The van der Waals surface area contributed by atoms with Crippen LogP contribution in [0.25, 0.3) is 0 Å². The van der Waals surface area contributed by atoms with Crippen LogP contribution < -0.4 is 5.73 Å². The molecule has 2 aliphatic heterocycles. The molecule has 2 atom stereocenters. The molecule has 0 saturated carbocycles. The summed E-state index contributed by atoms with van der Waals surface area (Å²) in [6.07, 6.45) is 0. The molecule has 0 spiro atoms. The minimum atomic E-state index is -1.09. The fourth-order valence-electron chi connectivity index (χ4n) is 1.84. The summed E-state index contributed by atoms with van der Waals surface area (Å²) >= 11 is 1.03. The zero-order valence-electron chi connectivity index (χ0n) is 9.58. The van der Waals surface area contributed by atoms with Crippen LogP contribution in [0.5, 0.6) is 0 Å². The van der Waals surface area contributed by atoms with Gasteiger partial charge in [0.2, 0.25) is 5.91 Å². The number of aliphatic carboxylic acids is 1. The molecule has 1 saturated heterocycles. The van der Waals surface area contributed by atoms with Crippen LogP contribution in [0.3, 0.4) is 0 Å². The Bertz CT molecular complexity index is 461. The van der Waals surface area contributed by atoms with E-state index in [0.717, 1.165) is 11.8 Å². The molecule has 2 unspecified atom stereocenters. The molecule has 0 aromatic rings. The van der Waals surface area contributed by atoms with E-state index in [-0.39, 0.29) is 29.3 Å². The van der Waals surface area contributed by atoms with Crippen LogP contribution in [0.15, 0.2) is 10.5 Å². The van der Waals surface area contributed by atoms with Crippen LogP contribution in [0.4, 0.5) is 0 Å². The monoisotopic (exact) mass is 272 g/mol. The summed E-state index contributed by atoms with van der Waals surface area (Å²) in [5.74, 6) is -1.79. The van der Waals surface area contributed by atoms with Gasteiger partial charge in [0.25, 0.3) is 0 Å². The van der Waals surface area contributed by atoms with Gasteiger partial charge in [0, 0.05) is 19.0 Å². The van der Waals surface area contributed by atoms with Crippen molar-refractivity contribution in [1.29, 1.82) is 0 Å². The minimum absolute atomic E-state index is 0.112. The molecule has 98 valence electrons. The second-order valence-electron chi connectivity index (χ2n) is 4.02. The predicted molar refractivity (Wildman–Crippen MR) is 62.4 cm³/mol. The molecule has 0 radical (unpaired) electrons. The zero-order chi connectivity index (χ0) is 13.4. The Kier molecular flexibility index (Phi) is 3.31. The van der Waals surface area contributed by atoms with Gasteiger partial charge in [0.15, 0.2) is 0 Å². The molecule has 0 bridgehead atoms. The third-order valence-electron chi connectivity index (χ3n) is 2.75. The average Bonchev–Trinajstić information content (AvgIpc) is 2.33. The first-order valence-electron chi connectivity index (χ1n) is 5.23. The first-order chi connectivity index (χ1) is 8.41. The Morgan fingerprint density at radius 2 is 2.28 bits per heavy atom. The van der Waals surface area contributed by atoms with Crippen LogP contribution in [0.1, 0.15) is 6.92 Å². The first-order valence-corrected chi connectivity index (χ1v) is 6.11. The molecule has 2 heterocycles. The number of hydrogen-bond donors (Lipinski definition) is 2. The quantitative estimate of drug-likeness (QED) is 0.507. The number of nitrogens with zero attached hydrogens (tertiary/aromatic N) is 1. The van der Waals surface area contributed by atoms with Gasteiger partial charge < -0.3 is 20.5 Å². The Labute approximate surface area is 107 Å². The van der Waals surface area contributed by atoms with E-state index in [2.05, 4.69) is 0 Å². The highest BCUT2D eigenvalue weighted by atomic mass is 32.2. The third kappa shape index (κ3) is 2.08. The van der Waals surface area contributed by atoms with Gasteiger partial charge in [0.1, 0.15) is 18.0 Å². The lowest BCUT2D eigenvalue weighted by Gasteiger charge is -2.47.